The van der Waals surface area contributed by atoms with Gasteiger partial charge in [-0.25, -0.2) is 14.6 Å². The summed E-state index contributed by atoms with van der Waals surface area (Å²) in [6.07, 6.45) is 1.55. The SMILES string of the molecule is C=C(C)C(=O)OC(CCCCOC(=O)C(C)(C)Br)COOC. The first-order valence-corrected chi connectivity index (χ1v) is 7.86. The average Bonchev–Trinajstić information content (AvgIpc) is 2.42. The molecule has 0 heterocycles. The highest BCUT2D eigenvalue weighted by atomic mass is 79.9. The maximum Gasteiger partial charge on any atom is 0.333 e. The number of carbonyl (C=O) groups excluding carboxylic acids is 2. The molecule has 7 heteroatoms. The van der Waals surface area contributed by atoms with Crippen LogP contribution < -0.4 is 0 Å². The Morgan fingerprint density at radius 3 is 2.41 bits per heavy atom. The number of hydrogen-bond donors (Lipinski definition) is 0. The lowest BCUT2D eigenvalue weighted by Crippen LogP contribution is -2.27. The van der Waals surface area contributed by atoms with Crippen molar-refractivity contribution in [2.75, 3.05) is 20.3 Å². The van der Waals surface area contributed by atoms with Crippen molar-refractivity contribution in [1.82, 2.24) is 0 Å². The van der Waals surface area contributed by atoms with E-state index in [0.29, 0.717) is 25.0 Å². The molecule has 0 aromatic rings. The second kappa shape index (κ2) is 10.7. The summed E-state index contributed by atoms with van der Waals surface area (Å²) in [6.45, 7) is 9.03. The molecule has 0 aliphatic rings. The fourth-order valence-electron chi connectivity index (χ4n) is 1.38. The maximum absolute atomic E-state index is 11.5. The Balaban J connectivity index is 4.05. The number of rotatable bonds is 11. The molecule has 0 aliphatic carbocycles. The van der Waals surface area contributed by atoms with Gasteiger partial charge in [-0.1, -0.05) is 22.5 Å². The van der Waals surface area contributed by atoms with Gasteiger partial charge < -0.3 is 9.47 Å². The summed E-state index contributed by atoms with van der Waals surface area (Å²) in [5.74, 6) is -0.766. The van der Waals surface area contributed by atoms with Crippen molar-refractivity contribution in [3.05, 3.63) is 12.2 Å². The van der Waals surface area contributed by atoms with Crippen molar-refractivity contribution < 1.29 is 28.8 Å². The fraction of sp³-hybridized carbons (Fsp3) is 0.733. The Bertz CT molecular complexity index is 375. The van der Waals surface area contributed by atoms with E-state index in [1.807, 2.05) is 0 Å². The molecule has 1 atom stereocenters. The molecule has 0 saturated heterocycles. The fourth-order valence-corrected chi connectivity index (χ4v) is 1.50. The van der Waals surface area contributed by atoms with E-state index >= 15 is 0 Å². The molecule has 0 radical (unpaired) electrons. The number of alkyl halides is 1. The van der Waals surface area contributed by atoms with E-state index in [0.717, 1.165) is 6.42 Å². The summed E-state index contributed by atoms with van der Waals surface area (Å²) >= 11 is 3.23. The predicted molar refractivity (Wildman–Crippen MR) is 85.5 cm³/mol. The molecule has 0 bridgehead atoms. The van der Waals surface area contributed by atoms with Crippen LogP contribution in [-0.2, 0) is 28.8 Å². The van der Waals surface area contributed by atoms with E-state index in [2.05, 4.69) is 27.4 Å². The third-order valence-electron chi connectivity index (χ3n) is 2.63. The van der Waals surface area contributed by atoms with Gasteiger partial charge in [-0.3, -0.25) is 4.79 Å². The summed E-state index contributed by atoms with van der Waals surface area (Å²) in [7, 11) is 1.39. The molecule has 6 nitrogen and oxygen atoms in total. The van der Waals surface area contributed by atoms with E-state index in [-0.39, 0.29) is 12.6 Å². The molecule has 128 valence electrons. The Kier molecular flexibility index (Phi) is 10.3. The van der Waals surface area contributed by atoms with Crippen molar-refractivity contribution in [1.29, 1.82) is 0 Å². The van der Waals surface area contributed by atoms with Crippen molar-refractivity contribution in [2.45, 2.75) is 50.5 Å². The topological polar surface area (TPSA) is 71.1 Å². The van der Waals surface area contributed by atoms with Crippen LogP contribution in [0.15, 0.2) is 12.2 Å². The first-order valence-electron chi connectivity index (χ1n) is 7.06. The van der Waals surface area contributed by atoms with E-state index in [4.69, 9.17) is 14.4 Å². The molecule has 0 aliphatic heterocycles. The second-order valence-electron chi connectivity index (χ2n) is 5.36. The molecule has 0 aromatic heterocycles. The molecule has 0 saturated carbocycles. The van der Waals surface area contributed by atoms with Crippen LogP contribution in [0.5, 0.6) is 0 Å². The van der Waals surface area contributed by atoms with Crippen LogP contribution in [0.1, 0.15) is 40.0 Å². The molecule has 0 spiro atoms. The Morgan fingerprint density at radius 2 is 1.91 bits per heavy atom. The maximum atomic E-state index is 11.5. The van der Waals surface area contributed by atoms with Gasteiger partial charge in [-0.2, -0.15) is 0 Å². The number of carbonyl (C=O) groups is 2. The van der Waals surface area contributed by atoms with Crippen LogP contribution in [0.3, 0.4) is 0 Å². The van der Waals surface area contributed by atoms with Crippen molar-refractivity contribution >= 4 is 27.9 Å². The third-order valence-corrected chi connectivity index (χ3v) is 2.96. The van der Waals surface area contributed by atoms with Gasteiger partial charge in [0.15, 0.2) is 0 Å². The minimum Gasteiger partial charge on any atom is -0.465 e. The van der Waals surface area contributed by atoms with Crippen LogP contribution in [0.4, 0.5) is 0 Å². The highest BCUT2D eigenvalue weighted by molar-refractivity contribution is 9.10. The second-order valence-corrected chi connectivity index (χ2v) is 7.35. The molecule has 0 N–H and O–H groups in total. The van der Waals surface area contributed by atoms with E-state index in [1.54, 1.807) is 20.8 Å². The first kappa shape index (κ1) is 21.1. The number of hydrogen-bond acceptors (Lipinski definition) is 6. The smallest absolute Gasteiger partial charge is 0.333 e. The molecule has 0 rings (SSSR count). The number of halogens is 1. The zero-order valence-electron chi connectivity index (χ0n) is 13.6. The molecule has 22 heavy (non-hydrogen) atoms. The predicted octanol–water partition coefficient (Wildman–Crippen LogP) is 2.94. The van der Waals surface area contributed by atoms with Crippen molar-refractivity contribution in [3.8, 4) is 0 Å². The van der Waals surface area contributed by atoms with Crippen LogP contribution in [0.2, 0.25) is 0 Å². The lowest BCUT2D eigenvalue weighted by Gasteiger charge is -2.17. The number of esters is 2. The Hall–Kier alpha value is -0.920. The number of unbranched alkanes of at least 4 members (excludes halogenated alkanes) is 1. The molecular formula is C15H25BrO6. The zero-order chi connectivity index (χ0) is 17.2. The normalized spacial score (nSPS) is 12.6. The molecular weight excluding hydrogens is 356 g/mol. The summed E-state index contributed by atoms with van der Waals surface area (Å²) < 4.78 is 9.68. The van der Waals surface area contributed by atoms with Crippen LogP contribution in [-0.4, -0.2) is 42.7 Å². The van der Waals surface area contributed by atoms with Crippen LogP contribution in [0, 0.1) is 0 Å². The largest absolute Gasteiger partial charge is 0.465 e. The van der Waals surface area contributed by atoms with Gasteiger partial charge in [0.05, 0.1) is 13.7 Å². The van der Waals surface area contributed by atoms with Crippen LogP contribution >= 0.6 is 15.9 Å². The van der Waals surface area contributed by atoms with Gasteiger partial charge in [-0.15, -0.1) is 0 Å². The van der Waals surface area contributed by atoms with Crippen molar-refractivity contribution in [3.63, 3.8) is 0 Å². The number of ether oxygens (including phenoxy) is 2. The average molecular weight is 381 g/mol. The Labute approximate surface area is 140 Å². The van der Waals surface area contributed by atoms with Crippen LogP contribution in [0.25, 0.3) is 0 Å². The third kappa shape index (κ3) is 9.92. The lowest BCUT2D eigenvalue weighted by atomic mass is 10.1. The van der Waals surface area contributed by atoms with Crippen molar-refractivity contribution in [2.24, 2.45) is 0 Å². The van der Waals surface area contributed by atoms with Gasteiger partial charge in [0.2, 0.25) is 0 Å². The van der Waals surface area contributed by atoms with E-state index in [1.165, 1.54) is 7.11 Å². The first-order chi connectivity index (χ1) is 10.2. The highest BCUT2D eigenvalue weighted by Crippen LogP contribution is 2.18. The summed E-state index contributed by atoms with van der Waals surface area (Å²) in [4.78, 5) is 32.4. The van der Waals surface area contributed by atoms with Gasteiger partial charge in [-0.05, 0) is 40.0 Å². The molecule has 0 aromatic carbocycles. The highest BCUT2D eigenvalue weighted by Gasteiger charge is 2.25. The quantitative estimate of drug-likeness (QED) is 0.137. The molecule has 1 unspecified atom stereocenters. The summed E-state index contributed by atoms with van der Waals surface area (Å²) in [5.41, 5.74) is 0.330. The lowest BCUT2D eigenvalue weighted by molar-refractivity contribution is -0.285. The standard InChI is InChI=1S/C15H25BrO6/c1-11(2)13(17)22-12(10-21-19-5)8-6-7-9-20-14(18)15(3,4)16/h12H,1,6-10H2,2-5H3. The van der Waals surface area contributed by atoms with Gasteiger partial charge in [0.1, 0.15) is 17.0 Å². The van der Waals surface area contributed by atoms with E-state index < -0.39 is 16.4 Å². The Morgan fingerprint density at radius 1 is 1.27 bits per heavy atom. The van der Waals surface area contributed by atoms with Gasteiger partial charge in [0, 0.05) is 5.57 Å². The summed E-state index contributed by atoms with van der Waals surface area (Å²) in [6, 6.07) is 0. The minimum atomic E-state index is -0.682. The monoisotopic (exact) mass is 380 g/mol. The summed E-state index contributed by atoms with van der Waals surface area (Å²) in [5, 5.41) is 0. The van der Waals surface area contributed by atoms with Gasteiger partial charge in [0.25, 0.3) is 0 Å². The minimum absolute atomic E-state index is 0.143. The van der Waals surface area contributed by atoms with E-state index in [9.17, 15) is 9.59 Å². The zero-order valence-corrected chi connectivity index (χ0v) is 15.2. The van der Waals surface area contributed by atoms with Gasteiger partial charge >= 0.3 is 11.9 Å². The molecule has 0 fully saturated rings. The molecule has 0 amide bonds.